The average molecular weight is 389 g/mol. The Balaban J connectivity index is 1.35. The van der Waals surface area contributed by atoms with Crippen molar-refractivity contribution in [3.8, 4) is 0 Å². The number of amides is 1. The zero-order valence-electron chi connectivity index (χ0n) is 14.7. The molecule has 1 aliphatic carbocycles. The van der Waals surface area contributed by atoms with Crippen molar-refractivity contribution in [2.45, 2.75) is 23.7 Å². The van der Waals surface area contributed by atoms with E-state index in [1.165, 1.54) is 11.8 Å². The van der Waals surface area contributed by atoms with Crippen LogP contribution in [0, 0.1) is 5.82 Å². The molecule has 142 valence electrons. The molecule has 4 rings (SSSR count). The molecule has 27 heavy (non-hydrogen) atoms. The average Bonchev–Trinajstić information content (AvgIpc) is 3.54. The van der Waals surface area contributed by atoms with Crippen LogP contribution in [0.1, 0.15) is 24.5 Å². The minimum atomic E-state index is -0.761. The number of hydrogen-bond donors (Lipinski definition) is 1. The molecule has 2 aromatic heterocycles. The number of thioether (sulfide) groups is 1. The Kier molecular flexibility index (Phi) is 5.11. The molecule has 2 aromatic rings. The number of aromatic amines is 1. The number of H-pyrrole nitrogens is 1. The summed E-state index contributed by atoms with van der Waals surface area (Å²) in [6.45, 7) is 2.22. The normalized spacial score (nSPS) is 17.2. The van der Waals surface area contributed by atoms with Crippen LogP contribution in [0.3, 0.4) is 0 Å². The highest BCUT2D eigenvalue weighted by molar-refractivity contribution is 8.00. The molecule has 0 bridgehead atoms. The third-order valence-electron chi connectivity index (χ3n) is 4.78. The van der Waals surface area contributed by atoms with Crippen LogP contribution in [0.25, 0.3) is 0 Å². The monoisotopic (exact) mass is 389 g/mol. The Labute approximate surface area is 160 Å². The van der Waals surface area contributed by atoms with Gasteiger partial charge in [0.2, 0.25) is 17.7 Å². The first-order valence-corrected chi connectivity index (χ1v) is 9.95. The minimum Gasteiger partial charge on any atom is -0.339 e. The van der Waals surface area contributed by atoms with E-state index >= 15 is 0 Å². The number of halogens is 1. The SMILES string of the molecule is O=C(CSc1ccncc1)N1CCN(c2nc(C3CC3)c(F)c(=O)[nH]2)CC1. The van der Waals surface area contributed by atoms with Gasteiger partial charge in [0.25, 0.3) is 5.56 Å². The number of piperazine rings is 1. The largest absolute Gasteiger partial charge is 0.339 e. The summed E-state index contributed by atoms with van der Waals surface area (Å²) >= 11 is 1.49. The van der Waals surface area contributed by atoms with Crippen LogP contribution in [-0.4, -0.2) is 57.7 Å². The quantitative estimate of drug-likeness (QED) is 0.783. The maximum atomic E-state index is 13.9. The maximum absolute atomic E-state index is 13.9. The zero-order valence-corrected chi connectivity index (χ0v) is 15.5. The van der Waals surface area contributed by atoms with Gasteiger partial charge in [-0.15, -0.1) is 11.8 Å². The summed E-state index contributed by atoms with van der Waals surface area (Å²) in [7, 11) is 0. The Morgan fingerprint density at radius 3 is 2.59 bits per heavy atom. The van der Waals surface area contributed by atoms with Gasteiger partial charge in [-0.3, -0.25) is 19.6 Å². The summed E-state index contributed by atoms with van der Waals surface area (Å²) in [5.74, 6) is 0.168. The standard InChI is InChI=1S/C18H20FN5O2S/c19-15-16(12-1-2-12)21-18(22-17(15)26)24-9-7-23(8-10-24)14(25)11-27-13-3-5-20-6-4-13/h3-6,12H,1-2,7-11H2,(H,21,22,26). The highest BCUT2D eigenvalue weighted by Gasteiger charge is 2.31. The van der Waals surface area contributed by atoms with Crippen molar-refractivity contribution in [1.29, 1.82) is 0 Å². The molecule has 2 fully saturated rings. The number of nitrogens with zero attached hydrogens (tertiary/aromatic N) is 4. The maximum Gasteiger partial charge on any atom is 0.288 e. The van der Waals surface area contributed by atoms with E-state index in [4.69, 9.17) is 0 Å². The number of carbonyl (C=O) groups excluding carboxylic acids is 1. The van der Waals surface area contributed by atoms with E-state index in [1.54, 1.807) is 12.4 Å². The molecular weight excluding hydrogens is 369 g/mol. The molecule has 1 saturated carbocycles. The van der Waals surface area contributed by atoms with Crippen LogP contribution in [0.5, 0.6) is 0 Å². The Morgan fingerprint density at radius 2 is 1.93 bits per heavy atom. The Morgan fingerprint density at radius 1 is 1.22 bits per heavy atom. The van der Waals surface area contributed by atoms with Gasteiger partial charge >= 0.3 is 0 Å². The molecule has 1 aliphatic heterocycles. The topological polar surface area (TPSA) is 82.2 Å². The molecule has 0 unspecified atom stereocenters. The number of carbonyl (C=O) groups is 1. The van der Waals surface area contributed by atoms with Gasteiger partial charge in [0, 0.05) is 49.4 Å². The predicted octanol–water partition coefficient (Wildman–Crippen LogP) is 1.62. The van der Waals surface area contributed by atoms with Crippen molar-refractivity contribution in [3.05, 3.63) is 46.4 Å². The fourth-order valence-electron chi connectivity index (χ4n) is 3.08. The lowest BCUT2D eigenvalue weighted by molar-refractivity contribution is -0.128. The zero-order chi connectivity index (χ0) is 18.8. The number of aromatic nitrogens is 3. The molecular formula is C18H20FN5O2S. The second-order valence-corrected chi connectivity index (χ2v) is 7.75. The molecule has 9 heteroatoms. The summed E-state index contributed by atoms with van der Waals surface area (Å²) < 4.78 is 13.9. The smallest absolute Gasteiger partial charge is 0.288 e. The molecule has 0 atom stereocenters. The van der Waals surface area contributed by atoms with Crippen molar-refractivity contribution in [2.75, 3.05) is 36.8 Å². The molecule has 1 saturated heterocycles. The van der Waals surface area contributed by atoms with Crippen molar-refractivity contribution in [3.63, 3.8) is 0 Å². The molecule has 7 nitrogen and oxygen atoms in total. The predicted molar refractivity (Wildman–Crippen MR) is 101 cm³/mol. The van der Waals surface area contributed by atoms with E-state index in [-0.39, 0.29) is 17.5 Å². The summed E-state index contributed by atoms with van der Waals surface area (Å²) in [5, 5.41) is 0. The molecule has 0 aromatic carbocycles. The van der Waals surface area contributed by atoms with Gasteiger partial charge in [-0.05, 0) is 25.0 Å². The van der Waals surface area contributed by atoms with Crippen molar-refractivity contribution < 1.29 is 9.18 Å². The Hall–Kier alpha value is -2.42. The van der Waals surface area contributed by atoms with E-state index in [1.807, 2.05) is 21.9 Å². The number of nitrogens with one attached hydrogen (secondary N) is 1. The third kappa shape index (κ3) is 4.13. The number of pyridine rings is 1. The van der Waals surface area contributed by atoms with E-state index in [0.717, 1.165) is 17.7 Å². The van der Waals surface area contributed by atoms with Gasteiger partial charge in [-0.1, -0.05) is 0 Å². The van der Waals surface area contributed by atoms with Crippen LogP contribution < -0.4 is 10.5 Å². The first-order valence-electron chi connectivity index (χ1n) is 8.97. The van der Waals surface area contributed by atoms with Gasteiger partial charge < -0.3 is 9.80 Å². The third-order valence-corrected chi connectivity index (χ3v) is 5.78. The second-order valence-electron chi connectivity index (χ2n) is 6.70. The fourth-order valence-corrected chi connectivity index (χ4v) is 3.87. The van der Waals surface area contributed by atoms with Gasteiger partial charge in [0.1, 0.15) is 0 Å². The summed E-state index contributed by atoms with van der Waals surface area (Å²) in [6.07, 6.45) is 5.17. The fraction of sp³-hybridized carbons (Fsp3) is 0.444. The lowest BCUT2D eigenvalue weighted by atomic mass is 10.2. The lowest BCUT2D eigenvalue weighted by Gasteiger charge is -2.35. The van der Waals surface area contributed by atoms with Crippen molar-refractivity contribution >= 4 is 23.6 Å². The molecule has 0 spiro atoms. The second kappa shape index (κ2) is 7.67. The molecule has 1 N–H and O–H groups in total. The van der Waals surface area contributed by atoms with Crippen molar-refractivity contribution in [1.82, 2.24) is 19.9 Å². The highest BCUT2D eigenvalue weighted by atomic mass is 32.2. The van der Waals surface area contributed by atoms with Gasteiger partial charge in [-0.2, -0.15) is 4.39 Å². The van der Waals surface area contributed by atoms with Gasteiger partial charge in [0.05, 0.1) is 11.4 Å². The van der Waals surface area contributed by atoms with Crippen LogP contribution >= 0.6 is 11.8 Å². The van der Waals surface area contributed by atoms with E-state index < -0.39 is 11.4 Å². The van der Waals surface area contributed by atoms with Gasteiger partial charge in [-0.25, -0.2) is 4.98 Å². The number of rotatable bonds is 5. The summed E-state index contributed by atoms with van der Waals surface area (Å²) in [6, 6.07) is 3.76. The van der Waals surface area contributed by atoms with E-state index in [0.29, 0.717) is 37.9 Å². The number of anilines is 1. The van der Waals surface area contributed by atoms with Crippen LogP contribution in [0.2, 0.25) is 0 Å². The van der Waals surface area contributed by atoms with Crippen molar-refractivity contribution in [2.24, 2.45) is 0 Å². The first-order chi connectivity index (χ1) is 13.1. The first kappa shape index (κ1) is 18.0. The molecule has 3 heterocycles. The lowest BCUT2D eigenvalue weighted by Crippen LogP contribution is -2.50. The molecule has 1 amide bonds. The van der Waals surface area contributed by atoms with Crippen LogP contribution in [0.15, 0.2) is 34.2 Å². The Bertz CT molecular complexity index is 879. The number of hydrogen-bond acceptors (Lipinski definition) is 6. The highest BCUT2D eigenvalue weighted by Crippen LogP contribution is 2.39. The van der Waals surface area contributed by atoms with Gasteiger partial charge in [0.15, 0.2) is 0 Å². The summed E-state index contributed by atoms with van der Waals surface area (Å²) in [4.78, 5) is 39.8. The molecule has 2 aliphatic rings. The summed E-state index contributed by atoms with van der Waals surface area (Å²) in [5.41, 5.74) is -0.435. The van der Waals surface area contributed by atoms with Crippen LogP contribution in [-0.2, 0) is 4.79 Å². The van der Waals surface area contributed by atoms with E-state index in [9.17, 15) is 14.0 Å². The van der Waals surface area contributed by atoms with E-state index in [2.05, 4.69) is 15.0 Å². The van der Waals surface area contributed by atoms with Crippen LogP contribution in [0.4, 0.5) is 10.3 Å². The molecule has 0 radical (unpaired) electrons. The minimum absolute atomic E-state index is 0.0686.